The quantitative estimate of drug-likeness (QED) is 0.686. The lowest BCUT2D eigenvalue weighted by Gasteiger charge is -2.20. The van der Waals surface area contributed by atoms with Gasteiger partial charge in [0.05, 0.1) is 4.99 Å². The summed E-state index contributed by atoms with van der Waals surface area (Å²) < 4.78 is 0. The van der Waals surface area contributed by atoms with E-state index in [-0.39, 0.29) is 0 Å². The van der Waals surface area contributed by atoms with Gasteiger partial charge in [0.2, 0.25) is 0 Å². The van der Waals surface area contributed by atoms with E-state index in [2.05, 4.69) is 11.9 Å². The van der Waals surface area contributed by atoms with E-state index in [1.54, 1.807) is 0 Å². The van der Waals surface area contributed by atoms with E-state index in [0.29, 0.717) is 4.99 Å². The molecule has 0 amide bonds. The number of nitrogens with two attached hydrogens (primary N) is 1. The summed E-state index contributed by atoms with van der Waals surface area (Å²) in [7, 11) is 2.16. The standard InChI is InChI=1S/C10H20N2S/c1-12(7-6-10(11)13)8-9-4-2-3-5-9/h9H,2-8H2,1H3,(H2,11,13). The third-order valence-corrected chi connectivity index (χ3v) is 2.99. The Kier molecular flexibility index (Phi) is 4.67. The Bertz CT molecular complexity index is 164. The fourth-order valence-electron chi connectivity index (χ4n) is 2.03. The highest BCUT2D eigenvalue weighted by Gasteiger charge is 2.16. The fraction of sp³-hybridized carbons (Fsp3) is 0.900. The van der Waals surface area contributed by atoms with Gasteiger partial charge < -0.3 is 10.6 Å². The molecule has 1 aliphatic carbocycles. The maximum atomic E-state index is 5.45. The second-order valence-corrected chi connectivity index (χ2v) is 4.65. The molecule has 2 N–H and O–H groups in total. The van der Waals surface area contributed by atoms with Crippen molar-refractivity contribution in [1.29, 1.82) is 0 Å². The zero-order valence-electron chi connectivity index (χ0n) is 8.46. The zero-order valence-corrected chi connectivity index (χ0v) is 9.28. The highest BCUT2D eigenvalue weighted by Crippen LogP contribution is 2.24. The average molecular weight is 200 g/mol. The van der Waals surface area contributed by atoms with E-state index in [9.17, 15) is 0 Å². The molecule has 76 valence electrons. The van der Waals surface area contributed by atoms with Crippen molar-refractivity contribution in [2.75, 3.05) is 20.1 Å². The van der Waals surface area contributed by atoms with Gasteiger partial charge in [0, 0.05) is 19.5 Å². The molecule has 2 nitrogen and oxygen atoms in total. The summed E-state index contributed by atoms with van der Waals surface area (Å²) in [4.78, 5) is 2.99. The Hall–Kier alpha value is -0.150. The third kappa shape index (κ3) is 4.58. The molecule has 0 heterocycles. The van der Waals surface area contributed by atoms with Gasteiger partial charge in [0.25, 0.3) is 0 Å². The summed E-state index contributed by atoms with van der Waals surface area (Å²) in [6.45, 7) is 2.24. The fourth-order valence-corrected chi connectivity index (χ4v) is 2.12. The van der Waals surface area contributed by atoms with Gasteiger partial charge in [-0.15, -0.1) is 0 Å². The van der Waals surface area contributed by atoms with Gasteiger partial charge in [0.15, 0.2) is 0 Å². The third-order valence-electron chi connectivity index (χ3n) is 2.78. The number of hydrogen-bond acceptors (Lipinski definition) is 2. The molecule has 3 heteroatoms. The Morgan fingerprint density at radius 1 is 1.46 bits per heavy atom. The monoisotopic (exact) mass is 200 g/mol. The first-order chi connectivity index (χ1) is 6.18. The Morgan fingerprint density at radius 3 is 2.62 bits per heavy atom. The van der Waals surface area contributed by atoms with Gasteiger partial charge in [-0.1, -0.05) is 25.1 Å². The van der Waals surface area contributed by atoms with Crippen LogP contribution in [0.25, 0.3) is 0 Å². The van der Waals surface area contributed by atoms with Crippen LogP contribution in [-0.2, 0) is 0 Å². The highest BCUT2D eigenvalue weighted by atomic mass is 32.1. The van der Waals surface area contributed by atoms with Crippen molar-refractivity contribution in [1.82, 2.24) is 4.90 Å². The van der Waals surface area contributed by atoms with Crippen LogP contribution in [0.3, 0.4) is 0 Å². The molecule has 0 aliphatic heterocycles. The van der Waals surface area contributed by atoms with Gasteiger partial charge in [-0.25, -0.2) is 0 Å². The molecule has 1 aliphatic rings. The number of rotatable bonds is 5. The topological polar surface area (TPSA) is 29.3 Å². The van der Waals surface area contributed by atoms with Crippen molar-refractivity contribution in [3.8, 4) is 0 Å². The first-order valence-electron chi connectivity index (χ1n) is 5.15. The van der Waals surface area contributed by atoms with Crippen molar-refractivity contribution in [3.05, 3.63) is 0 Å². The van der Waals surface area contributed by atoms with Crippen LogP contribution >= 0.6 is 12.2 Å². The molecule has 1 rings (SSSR count). The van der Waals surface area contributed by atoms with Crippen LogP contribution in [0.2, 0.25) is 0 Å². The normalized spacial score (nSPS) is 18.3. The molecule has 0 bridgehead atoms. The van der Waals surface area contributed by atoms with Crippen LogP contribution in [0, 0.1) is 5.92 Å². The molecule has 0 radical (unpaired) electrons. The summed E-state index contributed by atoms with van der Waals surface area (Å²) in [5.41, 5.74) is 5.45. The summed E-state index contributed by atoms with van der Waals surface area (Å²) in [5.74, 6) is 0.927. The molecule has 0 atom stereocenters. The average Bonchev–Trinajstić information content (AvgIpc) is 2.53. The molecule has 0 unspecified atom stereocenters. The molecule has 13 heavy (non-hydrogen) atoms. The first kappa shape index (κ1) is 10.9. The second-order valence-electron chi connectivity index (χ2n) is 4.13. The Morgan fingerprint density at radius 2 is 2.08 bits per heavy atom. The molecule has 0 aromatic rings. The van der Waals surface area contributed by atoms with Gasteiger partial charge in [-0.05, 0) is 25.8 Å². The maximum absolute atomic E-state index is 5.45. The molecular weight excluding hydrogens is 180 g/mol. The smallest absolute Gasteiger partial charge is 0.0740 e. The van der Waals surface area contributed by atoms with Crippen LogP contribution in [0.15, 0.2) is 0 Å². The minimum absolute atomic E-state index is 0.637. The lowest BCUT2D eigenvalue weighted by molar-refractivity contribution is 0.285. The lowest BCUT2D eigenvalue weighted by atomic mass is 10.1. The molecule has 0 spiro atoms. The predicted molar refractivity (Wildman–Crippen MR) is 60.9 cm³/mol. The first-order valence-corrected chi connectivity index (χ1v) is 5.56. The molecule has 1 saturated carbocycles. The van der Waals surface area contributed by atoms with Crippen molar-refractivity contribution >= 4 is 17.2 Å². The lowest BCUT2D eigenvalue weighted by Crippen LogP contribution is -2.28. The van der Waals surface area contributed by atoms with E-state index >= 15 is 0 Å². The molecule has 1 fully saturated rings. The largest absolute Gasteiger partial charge is 0.393 e. The Labute approximate surface area is 86.5 Å². The van der Waals surface area contributed by atoms with E-state index in [4.69, 9.17) is 18.0 Å². The zero-order chi connectivity index (χ0) is 9.68. The molecule has 0 aromatic carbocycles. The predicted octanol–water partition coefficient (Wildman–Crippen LogP) is 1.78. The van der Waals surface area contributed by atoms with E-state index < -0.39 is 0 Å². The summed E-state index contributed by atoms with van der Waals surface area (Å²) >= 11 is 4.85. The number of thiocarbonyl (C=S) groups is 1. The number of nitrogens with zero attached hydrogens (tertiary/aromatic N) is 1. The summed E-state index contributed by atoms with van der Waals surface area (Å²) in [5, 5.41) is 0. The maximum Gasteiger partial charge on any atom is 0.0740 e. The molecule has 0 saturated heterocycles. The summed E-state index contributed by atoms with van der Waals surface area (Å²) in [6, 6.07) is 0. The molecule has 0 aromatic heterocycles. The van der Waals surface area contributed by atoms with Gasteiger partial charge in [0.1, 0.15) is 0 Å². The van der Waals surface area contributed by atoms with E-state index in [1.165, 1.54) is 32.2 Å². The van der Waals surface area contributed by atoms with Crippen LogP contribution in [-0.4, -0.2) is 30.0 Å². The van der Waals surface area contributed by atoms with Crippen LogP contribution in [0.5, 0.6) is 0 Å². The van der Waals surface area contributed by atoms with Gasteiger partial charge in [-0.3, -0.25) is 0 Å². The Balaban J connectivity index is 2.09. The van der Waals surface area contributed by atoms with Crippen LogP contribution in [0.4, 0.5) is 0 Å². The van der Waals surface area contributed by atoms with E-state index in [0.717, 1.165) is 18.9 Å². The van der Waals surface area contributed by atoms with Crippen molar-refractivity contribution < 1.29 is 0 Å². The second kappa shape index (κ2) is 5.55. The van der Waals surface area contributed by atoms with E-state index in [1.807, 2.05) is 0 Å². The minimum atomic E-state index is 0.637. The SMILES string of the molecule is CN(CCC(N)=S)CC1CCCC1. The van der Waals surface area contributed by atoms with Crippen molar-refractivity contribution in [3.63, 3.8) is 0 Å². The highest BCUT2D eigenvalue weighted by molar-refractivity contribution is 7.80. The van der Waals surface area contributed by atoms with Gasteiger partial charge in [-0.2, -0.15) is 0 Å². The van der Waals surface area contributed by atoms with Crippen molar-refractivity contribution in [2.45, 2.75) is 32.1 Å². The van der Waals surface area contributed by atoms with Gasteiger partial charge >= 0.3 is 0 Å². The van der Waals surface area contributed by atoms with Crippen LogP contribution < -0.4 is 5.73 Å². The molecular formula is C10H20N2S. The van der Waals surface area contributed by atoms with Crippen LogP contribution in [0.1, 0.15) is 32.1 Å². The number of hydrogen-bond donors (Lipinski definition) is 1. The van der Waals surface area contributed by atoms with Crippen molar-refractivity contribution in [2.24, 2.45) is 11.7 Å². The summed E-state index contributed by atoms with van der Waals surface area (Å²) in [6.07, 6.45) is 6.54. The minimum Gasteiger partial charge on any atom is -0.393 e.